The van der Waals surface area contributed by atoms with Gasteiger partial charge in [-0.1, -0.05) is 6.07 Å². The third kappa shape index (κ3) is 5.79. The van der Waals surface area contributed by atoms with Gasteiger partial charge in [0.2, 0.25) is 0 Å². The molecule has 0 saturated carbocycles. The van der Waals surface area contributed by atoms with Crippen LogP contribution in [0.15, 0.2) is 46.9 Å². The summed E-state index contributed by atoms with van der Waals surface area (Å²) in [4.78, 5) is 26.9. The van der Waals surface area contributed by atoms with Crippen LogP contribution in [0, 0.1) is 0 Å². The number of amides is 2. The minimum Gasteiger partial charge on any atom is -0.490 e. The summed E-state index contributed by atoms with van der Waals surface area (Å²) in [6.07, 6.45) is 2.12. The lowest BCUT2D eigenvalue weighted by molar-refractivity contribution is 0.0792. The average Bonchev–Trinajstić information content (AvgIpc) is 3.23. The summed E-state index contributed by atoms with van der Waals surface area (Å²) in [6, 6.07) is 12.2. The van der Waals surface area contributed by atoms with Crippen molar-refractivity contribution in [1.82, 2.24) is 10.2 Å². The second-order valence-electron chi connectivity index (χ2n) is 7.30. The fourth-order valence-electron chi connectivity index (χ4n) is 3.16. The van der Waals surface area contributed by atoms with Crippen molar-refractivity contribution in [3.63, 3.8) is 0 Å². The van der Waals surface area contributed by atoms with Crippen LogP contribution < -0.4 is 15.4 Å². The molecule has 0 unspecified atom stereocenters. The van der Waals surface area contributed by atoms with Gasteiger partial charge >= 0.3 is 0 Å². The van der Waals surface area contributed by atoms with Gasteiger partial charge in [-0.3, -0.25) is 14.9 Å². The second kappa shape index (κ2) is 10.0. The Kier molecular flexibility index (Phi) is 7.44. The highest BCUT2D eigenvalue weighted by Gasteiger charge is 2.19. The van der Waals surface area contributed by atoms with Crippen LogP contribution in [0.5, 0.6) is 5.75 Å². The molecule has 2 N–H and O–H groups in total. The van der Waals surface area contributed by atoms with E-state index in [1.807, 2.05) is 18.7 Å². The van der Waals surface area contributed by atoms with Gasteiger partial charge in [0.15, 0.2) is 5.11 Å². The number of anilines is 1. The Bertz CT molecular complexity index is 958. The maximum atomic E-state index is 12.6. The molecule has 158 valence electrons. The maximum Gasteiger partial charge on any atom is 0.257 e. The molecule has 1 saturated heterocycles. The third-order valence-corrected chi connectivity index (χ3v) is 5.37. The highest BCUT2D eigenvalue weighted by molar-refractivity contribution is 9.10. The zero-order valence-electron chi connectivity index (χ0n) is 16.9. The number of ether oxygens (including phenoxy) is 1. The van der Waals surface area contributed by atoms with Gasteiger partial charge in [-0.2, -0.15) is 0 Å². The smallest absolute Gasteiger partial charge is 0.257 e. The Morgan fingerprint density at radius 3 is 2.50 bits per heavy atom. The number of likely N-dealkylation sites (tertiary alicyclic amines) is 1. The second-order valence-corrected chi connectivity index (χ2v) is 8.56. The lowest BCUT2D eigenvalue weighted by Crippen LogP contribution is -2.34. The van der Waals surface area contributed by atoms with Crippen LogP contribution in [0.2, 0.25) is 0 Å². The van der Waals surface area contributed by atoms with Crippen molar-refractivity contribution in [1.29, 1.82) is 0 Å². The monoisotopic (exact) mass is 489 g/mol. The molecule has 1 aliphatic rings. The fraction of sp³-hybridized carbons (Fsp3) is 0.318. The van der Waals surface area contributed by atoms with E-state index in [-0.39, 0.29) is 23.0 Å². The molecule has 0 radical (unpaired) electrons. The SMILES string of the molecule is CC(C)Oc1ccc(C(=O)NC(=S)Nc2cccc(C(=O)N3CCCC3)c2)cc1Br. The van der Waals surface area contributed by atoms with E-state index in [9.17, 15) is 9.59 Å². The number of carbonyl (C=O) groups is 2. The molecule has 1 aliphatic heterocycles. The number of halogens is 1. The molecule has 2 aromatic rings. The summed E-state index contributed by atoms with van der Waals surface area (Å²) >= 11 is 8.69. The molecule has 3 rings (SSSR count). The summed E-state index contributed by atoms with van der Waals surface area (Å²) in [7, 11) is 0. The molecule has 1 fully saturated rings. The molecule has 6 nitrogen and oxygen atoms in total. The van der Waals surface area contributed by atoms with Gasteiger partial charge in [0.05, 0.1) is 10.6 Å². The van der Waals surface area contributed by atoms with E-state index in [1.165, 1.54) is 0 Å². The summed E-state index contributed by atoms with van der Waals surface area (Å²) in [5.74, 6) is 0.343. The number of rotatable bonds is 5. The lowest BCUT2D eigenvalue weighted by atomic mass is 10.2. The predicted octanol–water partition coefficient (Wildman–Crippen LogP) is 4.60. The molecule has 0 aromatic heterocycles. The van der Waals surface area contributed by atoms with Crippen LogP contribution in [0.1, 0.15) is 47.4 Å². The quantitative estimate of drug-likeness (QED) is 0.600. The first kappa shape index (κ1) is 22.2. The van der Waals surface area contributed by atoms with Crippen LogP contribution in [-0.2, 0) is 0 Å². The van der Waals surface area contributed by atoms with Gasteiger partial charge in [0.25, 0.3) is 11.8 Å². The number of carbonyl (C=O) groups excluding carboxylic acids is 2. The van der Waals surface area contributed by atoms with Gasteiger partial charge in [-0.15, -0.1) is 0 Å². The van der Waals surface area contributed by atoms with Gasteiger partial charge in [-0.05, 0) is 91.2 Å². The molecular weight excluding hydrogens is 466 g/mol. The van der Waals surface area contributed by atoms with Crippen molar-refractivity contribution in [3.8, 4) is 5.75 Å². The molecule has 0 bridgehead atoms. The van der Waals surface area contributed by atoms with Crippen LogP contribution in [0.4, 0.5) is 5.69 Å². The molecule has 0 spiro atoms. The van der Waals surface area contributed by atoms with E-state index in [0.717, 1.165) is 25.9 Å². The molecule has 8 heteroatoms. The Labute approximate surface area is 190 Å². The van der Waals surface area contributed by atoms with E-state index in [0.29, 0.717) is 27.0 Å². The largest absolute Gasteiger partial charge is 0.490 e. The number of hydrogen-bond acceptors (Lipinski definition) is 4. The minimum absolute atomic E-state index is 0.0136. The third-order valence-electron chi connectivity index (χ3n) is 4.54. The number of thiocarbonyl (C=S) groups is 1. The van der Waals surface area contributed by atoms with E-state index in [4.69, 9.17) is 17.0 Å². The standard InChI is InChI=1S/C22H24BrN3O3S/c1-14(2)29-19-9-8-15(13-18(19)23)20(27)25-22(30)24-17-7-5-6-16(12-17)21(28)26-10-3-4-11-26/h5-9,12-14H,3-4,10-11H2,1-2H3,(H2,24,25,27,30). The molecule has 30 heavy (non-hydrogen) atoms. The summed E-state index contributed by atoms with van der Waals surface area (Å²) < 4.78 is 6.35. The van der Waals surface area contributed by atoms with Crippen LogP contribution >= 0.6 is 28.1 Å². The van der Waals surface area contributed by atoms with Gasteiger partial charge in [0, 0.05) is 29.9 Å². The Morgan fingerprint density at radius 1 is 1.10 bits per heavy atom. The average molecular weight is 490 g/mol. The highest BCUT2D eigenvalue weighted by atomic mass is 79.9. The molecule has 2 aromatic carbocycles. The first-order chi connectivity index (χ1) is 14.3. The first-order valence-corrected chi connectivity index (χ1v) is 11.0. The Hall–Kier alpha value is -2.45. The highest BCUT2D eigenvalue weighted by Crippen LogP contribution is 2.27. The van der Waals surface area contributed by atoms with Gasteiger partial charge < -0.3 is 15.0 Å². The zero-order chi connectivity index (χ0) is 21.7. The van der Waals surface area contributed by atoms with Crippen molar-refractivity contribution >= 4 is 50.8 Å². The fourth-order valence-corrected chi connectivity index (χ4v) is 3.84. The number of nitrogens with one attached hydrogen (secondary N) is 2. The minimum atomic E-state index is -0.339. The molecule has 0 atom stereocenters. The van der Waals surface area contributed by atoms with E-state index in [2.05, 4.69) is 26.6 Å². The summed E-state index contributed by atoms with van der Waals surface area (Å²) in [6.45, 7) is 5.46. The molecular formula is C22H24BrN3O3S. The van der Waals surface area contributed by atoms with Crippen LogP contribution in [0.3, 0.4) is 0 Å². The van der Waals surface area contributed by atoms with Gasteiger partial charge in [-0.25, -0.2) is 0 Å². The van der Waals surface area contributed by atoms with Crippen molar-refractivity contribution in [2.75, 3.05) is 18.4 Å². The Morgan fingerprint density at radius 2 is 1.83 bits per heavy atom. The van der Waals surface area contributed by atoms with Crippen LogP contribution in [0.25, 0.3) is 0 Å². The number of benzene rings is 2. The summed E-state index contributed by atoms with van der Waals surface area (Å²) in [5.41, 5.74) is 1.69. The maximum absolute atomic E-state index is 12.6. The predicted molar refractivity (Wildman–Crippen MR) is 125 cm³/mol. The van der Waals surface area contributed by atoms with Crippen molar-refractivity contribution in [2.45, 2.75) is 32.8 Å². The van der Waals surface area contributed by atoms with E-state index in [1.54, 1.807) is 42.5 Å². The lowest BCUT2D eigenvalue weighted by Gasteiger charge is -2.16. The molecule has 1 heterocycles. The first-order valence-electron chi connectivity index (χ1n) is 9.81. The van der Waals surface area contributed by atoms with E-state index >= 15 is 0 Å². The summed E-state index contributed by atoms with van der Waals surface area (Å²) in [5, 5.41) is 5.79. The van der Waals surface area contributed by atoms with Crippen LogP contribution in [-0.4, -0.2) is 41.0 Å². The molecule has 0 aliphatic carbocycles. The van der Waals surface area contributed by atoms with Crippen molar-refractivity contribution < 1.29 is 14.3 Å². The number of hydrogen-bond donors (Lipinski definition) is 2. The van der Waals surface area contributed by atoms with Gasteiger partial charge in [0.1, 0.15) is 5.75 Å². The topological polar surface area (TPSA) is 70.7 Å². The zero-order valence-corrected chi connectivity index (χ0v) is 19.3. The Balaban J connectivity index is 1.61. The normalized spacial score (nSPS) is 13.3. The number of nitrogens with zero attached hydrogens (tertiary/aromatic N) is 1. The van der Waals surface area contributed by atoms with Crippen molar-refractivity contribution in [3.05, 3.63) is 58.1 Å². The van der Waals surface area contributed by atoms with Crippen molar-refractivity contribution in [2.24, 2.45) is 0 Å². The van der Waals surface area contributed by atoms with E-state index < -0.39 is 0 Å². The molecule has 2 amide bonds.